The second kappa shape index (κ2) is 8.01. The van der Waals surface area contributed by atoms with Crippen LogP contribution in [-0.4, -0.2) is 45.9 Å². The Morgan fingerprint density at radius 3 is 2.53 bits per heavy atom. The zero-order valence-electron chi connectivity index (χ0n) is 18.8. The normalized spacial score (nSPS) is 15.1. The van der Waals surface area contributed by atoms with Crippen molar-refractivity contribution in [1.29, 1.82) is 0 Å². The summed E-state index contributed by atoms with van der Waals surface area (Å²) in [6.45, 7) is 3.53. The van der Waals surface area contributed by atoms with Crippen molar-refractivity contribution in [3.05, 3.63) is 54.5 Å². The molecule has 5 rings (SSSR count). The van der Waals surface area contributed by atoms with Crippen molar-refractivity contribution in [2.24, 2.45) is 5.41 Å². The van der Waals surface area contributed by atoms with Gasteiger partial charge in [0.05, 0.1) is 34.8 Å². The molecule has 4 aromatic rings. The lowest BCUT2D eigenvalue weighted by Gasteiger charge is -2.39. The van der Waals surface area contributed by atoms with E-state index in [0.717, 1.165) is 36.1 Å². The molecule has 4 heterocycles. The highest BCUT2D eigenvalue weighted by Crippen LogP contribution is 2.48. The predicted octanol–water partition coefficient (Wildman–Crippen LogP) is 2.95. The van der Waals surface area contributed by atoms with Crippen molar-refractivity contribution < 1.29 is 14.4 Å². The SMILES string of the molecule is CC(C)(Cn1cc(-c2nc(C3(c4ccc(-c5cnc(N)nc5)nc4)CCC3)no2)cn1)C(=O)O. The third-order valence-corrected chi connectivity index (χ3v) is 6.36. The first kappa shape index (κ1) is 21.7. The minimum absolute atomic E-state index is 0.220. The fraction of sp³-hybridized carbons (Fsp3) is 0.348. The van der Waals surface area contributed by atoms with Gasteiger partial charge in [-0.3, -0.25) is 14.5 Å². The lowest BCUT2D eigenvalue weighted by Crippen LogP contribution is -2.36. The fourth-order valence-electron chi connectivity index (χ4n) is 4.06. The lowest BCUT2D eigenvalue weighted by molar-refractivity contribution is -0.147. The van der Waals surface area contributed by atoms with Crippen LogP contribution in [-0.2, 0) is 16.8 Å². The smallest absolute Gasteiger partial charge is 0.310 e. The number of carboxylic acid groups (broad SMARTS) is 1. The molecule has 174 valence electrons. The van der Waals surface area contributed by atoms with Crippen LogP contribution in [0.5, 0.6) is 0 Å². The maximum atomic E-state index is 11.4. The molecule has 0 bridgehead atoms. The van der Waals surface area contributed by atoms with Crippen molar-refractivity contribution in [3.8, 4) is 22.7 Å². The monoisotopic (exact) mass is 460 g/mol. The summed E-state index contributed by atoms with van der Waals surface area (Å²) in [4.78, 5) is 28.7. The van der Waals surface area contributed by atoms with E-state index in [4.69, 9.17) is 10.3 Å². The molecular weight excluding hydrogens is 436 g/mol. The molecule has 0 radical (unpaired) electrons. The van der Waals surface area contributed by atoms with Gasteiger partial charge in [-0.2, -0.15) is 10.1 Å². The van der Waals surface area contributed by atoms with E-state index < -0.39 is 11.4 Å². The molecule has 11 heteroatoms. The zero-order valence-corrected chi connectivity index (χ0v) is 18.8. The molecule has 0 atom stereocenters. The number of aromatic nitrogens is 7. The summed E-state index contributed by atoms with van der Waals surface area (Å²) in [7, 11) is 0. The number of nitrogens with zero attached hydrogens (tertiary/aromatic N) is 7. The van der Waals surface area contributed by atoms with Gasteiger partial charge in [-0.15, -0.1) is 0 Å². The Balaban J connectivity index is 1.38. The van der Waals surface area contributed by atoms with E-state index in [2.05, 4.69) is 30.2 Å². The topological polar surface area (TPSA) is 159 Å². The molecule has 1 aliphatic rings. The van der Waals surface area contributed by atoms with E-state index in [1.165, 1.54) is 0 Å². The Morgan fingerprint density at radius 2 is 1.91 bits per heavy atom. The molecule has 4 aromatic heterocycles. The van der Waals surface area contributed by atoms with E-state index >= 15 is 0 Å². The average Bonchev–Trinajstić information content (AvgIpc) is 3.44. The van der Waals surface area contributed by atoms with Gasteiger partial charge in [-0.1, -0.05) is 17.6 Å². The fourth-order valence-corrected chi connectivity index (χ4v) is 4.06. The first-order chi connectivity index (χ1) is 16.3. The minimum atomic E-state index is -0.947. The van der Waals surface area contributed by atoms with Crippen molar-refractivity contribution in [1.82, 2.24) is 34.9 Å². The predicted molar refractivity (Wildman–Crippen MR) is 121 cm³/mol. The minimum Gasteiger partial charge on any atom is -0.481 e. The average molecular weight is 460 g/mol. The molecule has 3 N–H and O–H groups in total. The van der Waals surface area contributed by atoms with Crippen molar-refractivity contribution in [3.63, 3.8) is 0 Å². The molecule has 0 unspecified atom stereocenters. The molecule has 0 amide bonds. The molecule has 0 aliphatic heterocycles. The lowest BCUT2D eigenvalue weighted by atomic mass is 9.64. The van der Waals surface area contributed by atoms with Gasteiger partial charge in [0.15, 0.2) is 5.82 Å². The number of aliphatic carboxylic acids is 1. The van der Waals surface area contributed by atoms with Gasteiger partial charge in [-0.05, 0) is 38.3 Å². The Bertz CT molecular complexity index is 1320. The number of hydrogen-bond acceptors (Lipinski definition) is 9. The van der Waals surface area contributed by atoms with Crippen molar-refractivity contribution in [2.45, 2.75) is 45.1 Å². The second-order valence-corrected chi connectivity index (χ2v) is 9.24. The summed E-state index contributed by atoms with van der Waals surface area (Å²) >= 11 is 0. The summed E-state index contributed by atoms with van der Waals surface area (Å²) in [6, 6.07) is 3.96. The molecule has 34 heavy (non-hydrogen) atoms. The van der Waals surface area contributed by atoms with Gasteiger partial charge >= 0.3 is 5.97 Å². The Kier molecular flexibility index (Phi) is 5.11. The van der Waals surface area contributed by atoms with Gasteiger partial charge in [0.25, 0.3) is 5.89 Å². The quantitative estimate of drug-likeness (QED) is 0.420. The second-order valence-electron chi connectivity index (χ2n) is 9.24. The highest BCUT2D eigenvalue weighted by molar-refractivity contribution is 5.73. The molecular formula is C23H24N8O3. The molecule has 1 saturated carbocycles. The number of carbonyl (C=O) groups is 1. The number of nitrogen functional groups attached to an aromatic ring is 1. The molecule has 1 aliphatic carbocycles. The highest BCUT2D eigenvalue weighted by Gasteiger charge is 2.45. The molecule has 1 fully saturated rings. The van der Waals surface area contributed by atoms with Crippen LogP contribution in [0.15, 0.2) is 47.6 Å². The van der Waals surface area contributed by atoms with Crippen LogP contribution in [0, 0.1) is 5.41 Å². The van der Waals surface area contributed by atoms with E-state index in [1.807, 2.05) is 18.3 Å². The maximum absolute atomic E-state index is 11.4. The molecule has 0 aromatic carbocycles. The maximum Gasteiger partial charge on any atom is 0.310 e. The van der Waals surface area contributed by atoms with Crippen LogP contribution in [0.3, 0.4) is 0 Å². The standard InChI is InChI=1S/C23H24N8O3/c1-22(2,20(32)33)13-31-12-15(10-28-31)18-29-19(30-34-18)23(6-3-7-23)16-4-5-17(25-11-16)14-8-26-21(24)27-9-14/h4-5,8-12H,3,6-7,13H2,1-2H3,(H,32,33)(H2,24,26,27). The van der Waals surface area contributed by atoms with Crippen LogP contribution in [0.25, 0.3) is 22.7 Å². The highest BCUT2D eigenvalue weighted by atomic mass is 16.5. The third kappa shape index (κ3) is 3.78. The number of rotatable bonds is 7. The Labute approximate surface area is 195 Å². The first-order valence-electron chi connectivity index (χ1n) is 10.9. The van der Waals surface area contributed by atoms with Crippen molar-refractivity contribution in [2.75, 3.05) is 5.73 Å². The van der Waals surface area contributed by atoms with Crippen LogP contribution in [0.2, 0.25) is 0 Å². The zero-order chi connectivity index (χ0) is 23.9. The molecule has 11 nitrogen and oxygen atoms in total. The summed E-state index contributed by atoms with van der Waals surface area (Å²) in [5.74, 6) is 0.292. The number of hydrogen-bond donors (Lipinski definition) is 2. The molecule has 0 saturated heterocycles. The Morgan fingerprint density at radius 1 is 1.15 bits per heavy atom. The van der Waals surface area contributed by atoms with Crippen LogP contribution < -0.4 is 5.73 Å². The number of nitrogens with two attached hydrogens (primary N) is 1. The van der Waals surface area contributed by atoms with E-state index in [9.17, 15) is 9.90 Å². The van der Waals surface area contributed by atoms with Gasteiger partial charge in [0.2, 0.25) is 5.95 Å². The number of carboxylic acids is 1. The van der Waals surface area contributed by atoms with Crippen LogP contribution in [0.4, 0.5) is 5.95 Å². The number of pyridine rings is 1. The summed E-state index contributed by atoms with van der Waals surface area (Å²) in [6.07, 6.45) is 11.3. The number of anilines is 1. The van der Waals surface area contributed by atoms with Gasteiger partial charge in [0, 0.05) is 30.4 Å². The van der Waals surface area contributed by atoms with Gasteiger partial charge < -0.3 is 15.4 Å². The van der Waals surface area contributed by atoms with Crippen molar-refractivity contribution >= 4 is 11.9 Å². The van der Waals surface area contributed by atoms with Crippen LogP contribution in [0.1, 0.15) is 44.5 Å². The first-order valence-corrected chi connectivity index (χ1v) is 10.9. The van der Waals surface area contributed by atoms with Crippen LogP contribution >= 0.6 is 0 Å². The summed E-state index contributed by atoms with van der Waals surface area (Å²) in [5, 5.41) is 17.9. The third-order valence-electron chi connectivity index (χ3n) is 6.36. The largest absolute Gasteiger partial charge is 0.481 e. The van der Waals surface area contributed by atoms with Gasteiger partial charge in [0.1, 0.15) is 0 Å². The van der Waals surface area contributed by atoms with E-state index in [1.54, 1.807) is 43.3 Å². The summed E-state index contributed by atoms with van der Waals surface area (Å²) in [5.41, 5.74) is 7.47. The molecule has 0 spiro atoms. The van der Waals surface area contributed by atoms with E-state index in [-0.39, 0.29) is 17.9 Å². The summed E-state index contributed by atoms with van der Waals surface area (Å²) < 4.78 is 7.15. The van der Waals surface area contributed by atoms with Gasteiger partial charge in [-0.25, -0.2) is 9.97 Å². The van der Waals surface area contributed by atoms with E-state index in [0.29, 0.717) is 17.3 Å². The Hall–Kier alpha value is -4.15.